The van der Waals surface area contributed by atoms with Crippen molar-refractivity contribution in [3.8, 4) is 5.75 Å². The Hall–Kier alpha value is -2.08. The van der Waals surface area contributed by atoms with Gasteiger partial charge in [0.1, 0.15) is 17.9 Å². The van der Waals surface area contributed by atoms with E-state index in [1.54, 1.807) is 38.1 Å². The summed E-state index contributed by atoms with van der Waals surface area (Å²) in [4.78, 5) is 27.4. The van der Waals surface area contributed by atoms with E-state index in [1.165, 1.54) is 7.11 Å². The molecule has 0 spiro atoms. The van der Waals surface area contributed by atoms with Crippen molar-refractivity contribution in [3.63, 3.8) is 0 Å². The fraction of sp³-hybridized carbons (Fsp3) is 0.385. The molecule has 0 saturated carbocycles. The summed E-state index contributed by atoms with van der Waals surface area (Å²) < 4.78 is 10.1. The van der Waals surface area contributed by atoms with Crippen LogP contribution in [-0.2, 0) is 14.4 Å². The van der Waals surface area contributed by atoms with Gasteiger partial charge in [0.05, 0.1) is 12.5 Å². The van der Waals surface area contributed by atoms with Gasteiger partial charge in [-0.05, 0) is 26.0 Å². The Morgan fingerprint density at radius 3 is 2.47 bits per heavy atom. The van der Waals surface area contributed by atoms with Gasteiger partial charge in [-0.15, -0.1) is 0 Å². The van der Waals surface area contributed by atoms with Crippen LogP contribution in [0.1, 0.15) is 24.2 Å². The van der Waals surface area contributed by atoms with Crippen molar-refractivity contribution in [2.24, 2.45) is 11.3 Å². The average molecular weight is 267 g/mol. The topological polar surface area (TPSA) is 87.8 Å². The van der Waals surface area contributed by atoms with Crippen LogP contribution in [0.4, 0.5) is 0 Å². The van der Waals surface area contributed by atoms with Gasteiger partial charge in [0, 0.05) is 0 Å². The second-order valence-corrected chi connectivity index (χ2v) is 4.57. The molecule has 0 fully saturated rings. The fourth-order valence-electron chi connectivity index (χ4n) is 1.36. The molecule has 6 nitrogen and oxygen atoms in total. The maximum atomic E-state index is 11.9. The molecule has 2 N–H and O–H groups in total. The third-order valence-electron chi connectivity index (χ3n) is 2.55. The van der Waals surface area contributed by atoms with Crippen molar-refractivity contribution in [1.29, 1.82) is 0 Å². The third kappa shape index (κ3) is 3.69. The first-order chi connectivity index (χ1) is 8.92. The van der Waals surface area contributed by atoms with Gasteiger partial charge in [-0.1, -0.05) is 12.1 Å². The molecule has 0 saturated heterocycles. The molecule has 0 radical (unpaired) electrons. The zero-order chi connectivity index (χ0) is 14.5. The maximum Gasteiger partial charge on any atom is 0.341 e. The van der Waals surface area contributed by atoms with Crippen molar-refractivity contribution < 1.29 is 23.9 Å². The second-order valence-electron chi connectivity index (χ2n) is 4.57. The lowest BCUT2D eigenvalue weighted by molar-refractivity contribution is -0.156. The summed E-state index contributed by atoms with van der Waals surface area (Å²) in [5.41, 5.74) is -0.714. The summed E-state index contributed by atoms with van der Waals surface area (Å²) in [5.74, 6) is 3.99. The summed E-state index contributed by atoms with van der Waals surface area (Å²) in [6.07, 6.45) is 0. The number of hydrogen-bond donors (Lipinski definition) is 1. The molecule has 0 unspecified atom stereocenters. The normalized spacial score (nSPS) is 10.7. The lowest BCUT2D eigenvalue weighted by Gasteiger charge is -2.20. The molecule has 0 aliphatic heterocycles. The van der Waals surface area contributed by atoms with Crippen molar-refractivity contribution >= 4 is 11.9 Å². The van der Waals surface area contributed by atoms with Crippen LogP contribution in [0.5, 0.6) is 5.75 Å². The minimum absolute atomic E-state index is 0.139. The van der Waals surface area contributed by atoms with Crippen LogP contribution >= 0.6 is 0 Å². The number of nitrogens with two attached hydrogens (primary N) is 1. The van der Waals surface area contributed by atoms with Crippen molar-refractivity contribution in [2.45, 2.75) is 13.8 Å². The first-order valence-corrected chi connectivity index (χ1v) is 5.63. The molecular formula is C13H17NO5. The van der Waals surface area contributed by atoms with E-state index in [-0.39, 0.29) is 6.61 Å². The van der Waals surface area contributed by atoms with E-state index in [0.717, 1.165) is 0 Å². The molecule has 0 aliphatic rings. The number of ether oxygens (including phenoxy) is 2. The number of carbonyl (C=O) groups is 2. The van der Waals surface area contributed by atoms with Gasteiger partial charge in [0.2, 0.25) is 0 Å². The molecule has 1 aromatic carbocycles. The SMILES string of the molecule is COc1ccccc1C(=O)OCC(C)(C)C(=O)ON. The first-order valence-electron chi connectivity index (χ1n) is 5.63. The van der Waals surface area contributed by atoms with Gasteiger partial charge in [-0.2, -0.15) is 5.90 Å². The molecule has 1 rings (SSSR count). The molecule has 0 aromatic heterocycles. The average Bonchev–Trinajstić information content (AvgIpc) is 2.43. The predicted molar refractivity (Wildman–Crippen MR) is 67.3 cm³/mol. The Kier molecular flexibility index (Phi) is 4.88. The second kappa shape index (κ2) is 6.19. The fourth-order valence-corrected chi connectivity index (χ4v) is 1.36. The molecule has 1 aromatic rings. The molecule has 0 atom stereocenters. The first kappa shape index (κ1) is 15.0. The van der Waals surface area contributed by atoms with E-state index in [4.69, 9.17) is 15.4 Å². The number of methoxy groups -OCH3 is 1. The highest BCUT2D eigenvalue weighted by atomic mass is 16.7. The van der Waals surface area contributed by atoms with Crippen LogP contribution in [0.15, 0.2) is 24.3 Å². The monoisotopic (exact) mass is 267 g/mol. The summed E-state index contributed by atoms with van der Waals surface area (Å²) in [6, 6.07) is 6.66. The molecule has 0 bridgehead atoms. The van der Waals surface area contributed by atoms with Crippen molar-refractivity contribution in [3.05, 3.63) is 29.8 Å². The Balaban J connectivity index is 2.73. The highest BCUT2D eigenvalue weighted by Gasteiger charge is 2.31. The van der Waals surface area contributed by atoms with Crippen LogP contribution in [0, 0.1) is 5.41 Å². The molecule has 6 heteroatoms. The van der Waals surface area contributed by atoms with Crippen LogP contribution in [0.3, 0.4) is 0 Å². The van der Waals surface area contributed by atoms with Gasteiger partial charge < -0.3 is 14.3 Å². The quantitative estimate of drug-likeness (QED) is 0.639. The van der Waals surface area contributed by atoms with E-state index in [9.17, 15) is 9.59 Å². The van der Waals surface area contributed by atoms with Gasteiger partial charge in [-0.25, -0.2) is 9.59 Å². The van der Waals surface area contributed by atoms with E-state index in [2.05, 4.69) is 4.84 Å². The summed E-state index contributed by atoms with van der Waals surface area (Å²) >= 11 is 0. The zero-order valence-electron chi connectivity index (χ0n) is 11.1. The van der Waals surface area contributed by atoms with Gasteiger partial charge >= 0.3 is 11.9 Å². The van der Waals surface area contributed by atoms with Gasteiger partial charge in [0.25, 0.3) is 0 Å². The summed E-state index contributed by atoms with van der Waals surface area (Å²) in [7, 11) is 1.46. The Morgan fingerprint density at radius 2 is 1.89 bits per heavy atom. The largest absolute Gasteiger partial charge is 0.496 e. The smallest absolute Gasteiger partial charge is 0.341 e. The van der Waals surface area contributed by atoms with Gasteiger partial charge in [0.15, 0.2) is 0 Å². The van der Waals surface area contributed by atoms with E-state index in [0.29, 0.717) is 11.3 Å². The van der Waals surface area contributed by atoms with E-state index >= 15 is 0 Å². The summed E-state index contributed by atoms with van der Waals surface area (Å²) in [6.45, 7) is 3.00. The van der Waals surface area contributed by atoms with E-state index in [1.807, 2.05) is 0 Å². The Labute approximate surface area is 111 Å². The molecule has 0 amide bonds. The minimum atomic E-state index is -1.01. The number of hydrogen-bond acceptors (Lipinski definition) is 6. The highest BCUT2D eigenvalue weighted by Crippen LogP contribution is 2.21. The maximum absolute atomic E-state index is 11.9. The number of carbonyl (C=O) groups excluding carboxylic acids is 2. The lowest BCUT2D eigenvalue weighted by Crippen LogP contribution is -2.34. The number of para-hydroxylation sites is 1. The zero-order valence-corrected chi connectivity index (χ0v) is 11.1. The van der Waals surface area contributed by atoms with Crippen molar-refractivity contribution in [1.82, 2.24) is 0 Å². The molecule has 0 heterocycles. The molecule has 104 valence electrons. The highest BCUT2D eigenvalue weighted by molar-refractivity contribution is 5.92. The van der Waals surface area contributed by atoms with Crippen LogP contribution in [-0.4, -0.2) is 25.7 Å². The van der Waals surface area contributed by atoms with Crippen molar-refractivity contribution in [2.75, 3.05) is 13.7 Å². The van der Waals surface area contributed by atoms with E-state index < -0.39 is 17.4 Å². The number of benzene rings is 1. The lowest BCUT2D eigenvalue weighted by atomic mass is 9.95. The van der Waals surface area contributed by atoms with Crippen LogP contribution in [0.25, 0.3) is 0 Å². The standard InChI is InChI=1S/C13H17NO5/c1-13(2,12(16)19-14)8-18-11(15)9-6-4-5-7-10(9)17-3/h4-7H,8,14H2,1-3H3. The van der Waals surface area contributed by atoms with Crippen LogP contribution < -0.4 is 10.6 Å². The van der Waals surface area contributed by atoms with Gasteiger partial charge in [-0.3, -0.25) is 0 Å². The van der Waals surface area contributed by atoms with Crippen LogP contribution in [0.2, 0.25) is 0 Å². The number of rotatable bonds is 5. The number of esters is 1. The predicted octanol–water partition coefficient (Wildman–Crippen LogP) is 1.30. The minimum Gasteiger partial charge on any atom is -0.496 e. The third-order valence-corrected chi connectivity index (χ3v) is 2.55. The Bertz CT molecular complexity index is 470. The molecule has 0 aliphatic carbocycles. The Morgan fingerprint density at radius 1 is 1.26 bits per heavy atom. The molecule has 19 heavy (non-hydrogen) atoms. The summed E-state index contributed by atoms with van der Waals surface area (Å²) in [5, 5.41) is 0. The molecular weight excluding hydrogens is 250 g/mol.